The number of thiazole rings is 1. The first-order valence-electron chi connectivity index (χ1n) is 8.80. The van der Waals surface area contributed by atoms with Crippen molar-refractivity contribution in [2.24, 2.45) is 4.99 Å². The van der Waals surface area contributed by atoms with E-state index >= 15 is 0 Å². The van der Waals surface area contributed by atoms with Crippen LogP contribution in [0, 0.1) is 13.8 Å². The molecule has 1 aromatic heterocycles. The normalized spacial score (nSPS) is 11.4. The van der Waals surface area contributed by atoms with Gasteiger partial charge in [-0.05, 0) is 32.9 Å². The van der Waals surface area contributed by atoms with Gasteiger partial charge >= 0.3 is 0 Å². The number of ether oxygens (including phenoxy) is 1. The molecule has 2 rings (SSSR count). The predicted octanol–water partition coefficient (Wildman–Crippen LogP) is 3.33. The van der Waals surface area contributed by atoms with Crippen LogP contribution in [0.5, 0.6) is 5.75 Å². The summed E-state index contributed by atoms with van der Waals surface area (Å²) in [6.07, 6.45) is 3.73. The van der Waals surface area contributed by atoms with Gasteiger partial charge in [-0.25, -0.2) is 4.98 Å². The molecule has 0 unspecified atom stereocenters. The third kappa shape index (κ3) is 7.56. The molecule has 0 amide bonds. The maximum atomic E-state index is 5.73. The minimum absolute atomic E-state index is 0.671. The lowest BCUT2D eigenvalue weighted by Crippen LogP contribution is -2.38. The Morgan fingerprint density at radius 1 is 1.20 bits per heavy atom. The average molecular weight is 361 g/mol. The first kappa shape index (κ1) is 19.2. The molecule has 2 aromatic rings. The number of hydrogen-bond donors (Lipinski definition) is 2. The number of nitrogens with zero attached hydrogens (tertiary/aromatic N) is 2. The van der Waals surface area contributed by atoms with E-state index < -0.39 is 0 Å². The van der Waals surface area contributed by atoms with E-state index in [1.807, 2.05) is 18.3 Å². The van der Waals surface area contributed by atoms with Crippen LogP contribution in [0.3, 0.4) is 0 Å². The SMILES string of the molecule is CCNC(=NCCCOc1ccc(C)cc1)NCCc1ncc(C)s1. The molecule has 0 saturated carbocycles. The third-order valence-electron chi connectivity index (χ3n) is 3.51. The number of benzene rings is 1. The Labute approximate surface area is 154 Å². The van der Waals surface area contributed by atoms with Gasteiger partial charge in [0.2, 0.25) is 0 Å². The standard InChI is InChI=1S/C19H28N4OS/c1-4-20-19(22-12-10-18-23-14-16(3)25-18)21-11-5-13-24-17-8-6-15(2)7-9-17/h6-9,14H,4-5,10-13H2,1-3H3,(H2,20,21,22). The molecule has 0 aliphatic carbocycles. The number of aliphatic imine (C=N–C) groups is 1. The fraction of sp³-hybridized carbons (Fsp3) is 0.474. The zero-order valence-corrected chi connectivity index (χ0v) is 16.2. The van der Waals surface area contributed by atoms with Gasteiger partial charge < -0.3 is 15.4 Å². The highest BCUT2D eigenvalue weighted by atomic mass is 32.1. The average Bonchev–Trinajstić information content (AvgIpc) is 3.01. The van der Waals surface area contributed by atoms with Crippen molar-refractivity contribution < 1.29 is 4.74 Å². The second-order valence-electron chi connectivity index (χ2n) is 5.82. The summed E-state index contributed by atoms with van der Waals surface area (Å²) in [5.74, 6) is 1.77. The summed E-state index contributed by atoms with van der Waals surface area (Å²) in [5, 5.41) is 7.79. The van der Waals surface area contributed by atoms with Crippen LogP contribution in [0.2, 0.25) is 0 Å². The summed E-state index contributed by atoms with van der Waals surface area (Å²) in [6, 6.07) is 8.13. The van der Waals surface area contributed by atoms with Gasteiger partial charge in [-0.15, -0.1) is 11.3 Å². The second kappa shape index (κ2) is 10.7. The van der Waals surface area contributed by atoms with E-state index in [0.717, 1.165) is 49.2 Å². The lowest BCUT2D eigenvalue weighted by atomic mass is 10.2. The van der Waals surface area contributed by atoms with Gasteiger partial charge in [0.05, 0.1) is 11.6 Å². The second-order valence-corrected chi connectivity index (χ2v) is 7.14. The van der Waals surface area contributed by atoms with Crippen LogP contribution in [0.1, 0.15) is 28.8 Å². The molecule has 0 spiro atoms. The van der Waals surface area contributed by atoms with Gasteiger partial charge in [0.15, 0.2) is 5.96 Å². The van der Waals surface area contributed by atoms with Crippen molar-refractivity contribution in [2.75, 3.05) is 26.2 Å². The van der Waals surface area contributed by atoms with E-state index in [2.05, 4.69) is 53.5 Å². The largest absolute Gasteiger partial charge is 0.494 e. The minimum Gasteiger partial charge on any atom is -0.494 e. The molecule has 25 heavy (non-hydrogen) atoms. The summed E-state index contributed by atoms with van der Waals surface area (Å²) >= 11 is 1.75. The van der Waals surface area contributed by atoms with E-state index in [1.165, 1.54) is 10.4 Å². The Bertz CT molecular complexity index is 652. The summed E-state index contributed by atoms with van der Waals surface area (Å²) in [5.41, 5.74) is 1.24. The van der Waals surface area contributed by atoms with Crippen LogP contribution < -0.4 is 15.4 Å². The highest BCUT2D eigenvalue weighted by Gasteiger charge is 2.01. The van der Waals surface area contributed by atoms with Crippen molar-refractivity contribution in [3.63, 3.8) is 0 Å². The summed E-state index contributed by atoms with van der Waals surface area (Å²) in [6.45, 7) is 9.31. The number of rotatable bonds is 9. The Hall–Kier alpha value is -2.08. The third-order valence-corrected chi connectivity index (χ3v) is 4.48. The molecule has 0 aliphatic heterocycles. The van der Waals surface area contributed by atoms with E-state index in [4.69, 9.17) is 4.74 Å². The predicted molar refractivity (Wildman–Crippen MR) is 106 cm³/mol. The summed E-state index contributed by atoms with van der Waals surface area (Å²) < 4.78 is 5.73. The van der Waals surface area contributed by atoms with Crippen molar-refractivity contribution in [1.29, 1.82) is 0 Å². The molecule has 0 radical (unpaired) electrons. The minimum atomic E-state index is 0.671. The fourth-order valence-corrected chi connectivity index (χ4v) is 3.01. The molecular weight excluding hydrogens is 332 g/mol. The number of guanidine groups is 1. The van der Waals surface area contributed by atoms with Gasteiger partial charge in [-0.3, -0.25) is 4.99 Å². The summed E-state index contributed by atoms with van der Waals surface area (Å²) in [7, 11) is 0. The monoisotopic (exact) mass is 360 g/mol. The Kier molecular flexibility index (Phi) is 8.25. The number of aryl methyl sites for hydroxylation is 2. The Morgan fingerprint density at radius 3 is 2.68 bits per heavy atom. The number of hydrogen-bond acceptors (Lipinski definition) is 4. The Balaban J connectivity index is 1.66. The van der Waals surface area contributed by atoms with Crippen molar-refractivity contribution >= 4 is 17.3 Å². The molecule has 136 valence electrons. The first-order chi connectivity index (χ1) is 12.2. The van der Waals surface area contributed by atoms with Crippen LogP contribution in [0.4, 0.5) is 0 Å². The molecule has 0 saturated heterocycles. The van der Waals surface area contributed by atoms with Crippen LogP contribution in [0.25, 0.3) is 0 Å². The maximum Gasteiger partial charge on any atom is 0.191 e. The van der Waals surface area contributed by atoms with E-state index in [0.29, 0.717) is 6.61 Å². The number of aromatic nitrogens is 1. The molecule has 1 aromatic carbocycles. The van der Waals surface area contributed by atoms with Gasteiger partial charge in [0.25, 0.3) is 0 Å². The van der Waals surface area contributed by atoms with E-state index in [1.54, 1.807) is 11.3 Å². The van der Waals surface area contributed by atoms with Gasteiger partial charge in [0.1, 0.15) is 5.75 Å². The van der Waals surface area contributed by atoms with Gasteiger partial charge in [-0.1, -0.05) is 17.7 Å². The van der Waals surface area contributed by atoms with Crippen molar-refractivity contribution in [3.8, 4) is 5.75 Å². The zero-order chi connectivity index (χ0) is 17.9. The molecule has 0 aliphatic rings. The molecule has 2 N–H and O–H groups in total. The van der Waals surface area contributed by atoms with Crippen LogP contribution >= 0.6 is 11.3 Å². The van der Waals surface area contributed by atoms with Crippen LogP contribution in [0.15, 0.2) is 35.5 Å². The first-order valence-corrected chi connectivity index (χ1v) is 9.62. The highest BCUT2D eigenvalue weighted by Crippen LogP contribution is 2.12. The molecule has 6 heteroatoms. The molecular formula is C19H28N4OS. The zero-order valence-electron chi connectivity index (χ0n) is 15.3. The molecule has 0 fully saturated rings. The Morgan fingerprint density at radius 2 is 2.00 bits per heavy atom. The highest BCUT2D eigenvalue weighted by molar-refractivity contribution is 7.11. The lowest BCUT2D eigenvalue weighted by Gasteiger charge is -2.11. The molecule has 0 atom stereocenters. The summed E-state index contributed by atoms with van der Waals surface area (Å²) in [4.78, 5) is 10.2. The molecule has 1 heterocycles. The fourth-order valence-electron chi connectivity index (χ4n) is 2.23. The van der Waals surface area contributed by atoms with Gasteiger partial charge in [-0.2, -0.15) is 0 Å². The van der Waals surface area contributed by atoms with Crippen LogP contribution in [-0.4, -0.2) is 37.2 Å². The molecule has 5 nitrogen and oxygen atoms in total. The van der Waals surface area contributed by atoms with E-state index in [-0.39, 0.29) is 0 Å². The topological polar surface area (TPSA) is 58.5 Å². The quantitative estimate of drug-likeness (QED) is 0.409. The number of nitrogens with one attached hydrogen (secondary N) is 2. The van der Waals surface area contributed by atoms with Crippen molar-refractivity contribution in [2.45, 2.75) is 33.6 Å². The van der Waals surface area contributed by atoms with Crippen LogP contribution in [-0.2, 0) is 6.42 Å². The van der Waals surface area contributed by atoms with Gasteiger partial charge in [0, 0.05) is 43.5 Å². The lowest BCUT2D eigenvalue weighted by molar-refractivity contribution is 0.313. The molecule has 0 bridgehead atoms. The van der Waals surface area contributed by atoms with Crippen molar-refractivity contribution in [1.82, 2.24) is 15.6 Å². The van der Waals surface area contributed by atoms with E-state index in [9.17, 15) is 0 Å². The van der Waals surface area contributed by atoms with Crippen molar-refractivity contribution in [3.05, 3.63) is 45.9 Å². The smallest absolute Gasteiger partial charge is 0.191 e. The maximum absolute atomic E-state index is 5.73.